The fourth-order valence-corrected chi connectivity index (χ4v) is 2.74. The molecule has 0 N–H and O–H groups in total. The Balaban J connectivity index is 2.01. The zero-order valence-corrected chi connectivity index (χ0v) is 13.4. The van der Waals surface area contributed by atoms with E-state index in [-0.39, 0.29) is 5.92 Å². The number of amides is 1. The molecule has 3 nitrogen and oxygen atoms in total. The van der Waals surface area contributed by atoms with E-state index in [4.69, 9.17) is 0 Å². The maximum Gasteiger partial charge on any atom is 0.226 e. The van der Waals surface area contributed by atoms with E-state index in [2.05, 4.69) is 48.2 Å². The van der Waals surface area contributed by atoms with Crippen LogP contribution in [0.5, 0.6) is 0 Å². The normalized spacial score (nSPS) is 17.6. The lowest BCUT2D eigenvalue weighted by atomic mass is 9.93. The lowest BCUT2D eigenvalue weighted by molar-refractivity contribution is -0.136. The van der Waals surface area contributed by atoms with Crippen molar-refractivity contribution < 1.29 is 4.79 Å². The van der Waals surface area contributed by atoms with Crippen molar-refractivity contribution in [1.82, 2.24) is 4.90 Å². The van der Waals surface area contributed by atoms with E-state index in [0.717, 1.165) is 25.8 Å². The molecule has 0 saturated carbocycles. The van der Waals surface area contributed by atoms with Crippen LogP contribution in [0.1, 0.15) is 31.7 Å². The second-order valence-corrected chi connectivity index (χ2v) is 5.89. The van der Waals surface area contributed by atoms with Gasteiger partial charge in [-0.3, -0.25) is 4.79 Å². The minimum atomic E-state index is 0.177. The standard InChI is InChI=1S/C18H26N2O/c1-4-20(18(21)16-8-6-5-7-9-16)14-15-10-12-17(13-11-15)19(2)3/h5-6,10-13,16H,4,7-9,14H2,1-3H3. The third-order valence-corrected chi connectivity index (χ3v) is 4.14. The van der Waals surface area contributed by atoms with Crippen molar-refractivity contribution in [2.24, 2.45) is 5.92 Å². The van der Waals surface area contributed by atoms with Gasteiger partial charge in [-0.15, -0.1) is 0 Å². The Morgan fingerprint density at radius 3 is 2.43 bits per heavy atom. The summed E-state index contributed by atoms with van der Waals surface area (Å²) < 4.78 is 0. The summed E-state index contributed by atoms with van der Waals surface area (Å²) in [6.45, 7) is 3.54. The smallest absolute Gasteiger partial charge is 0.226 e. The van der Waals surface area contributed by atoms with Gasteiger partial charge >= 0.3 is 0 Å². The first-order chi connectivity index (χ1) is 10.1. The van der Waals surface area contributed by atoms with Crippen LogP contribution in [0.4, 0.5) is 5.69 Å². The first-order valence-electron chi connectivity index (χ1n) is 7.82. The third-order valence-electron chi connectivity index (χ3n) is 4.14. The molecule has 0 aliphatic heterocycles. The van der Waals surface area contributed by atoms with Crippen LogP contribution < -0.4 is 4.90 Å². The molecular weight excluding hydrogens is 260 g/mol. The number of carbonyl (C=O) groups excluding carboxylic acids is 1. The second kappa shape index (κ2) is 7.30. The summed E-state index contributed by atoms with van der Waals surface area (Å²) in [5.74, 6) is 0.481. The molecule has 0 fully saturated rings. The fourth-order valence-electron chi connectivity index (χ4n) is 2.74. The van der Waals surface area contributed by atoms with Gasteiger partial charge in [0.2, 0.25) is 5.91 Å². The Bertz CT molecular complexity index is 490. The second-order valence-electron chi connectivity index (χ2n) is 5.89. The number of hydrogen-bond donors (Lipinski definition) is 0. The molecule has 0 saturated heterocycles. The first-order valence-corrected chi connectivity index (χ1v) is 7.82. The van der Waals surface area contributed by atoms with Crippen molar-refractivity contribution in [1.29, 1.82) is 0 Å². The molecule has 114 valence electrons. The minimum absolute atomic E-state index is 0.177. The number of rotatable bonds is 5. The van der Waals surface area contributed by atoms with Gasteiger partial charge < -0.3 is 9.80 Å². The highest BCUT2D eigenvalue weighted by Crippen LogP contribution is 2.22. The topological polar surface area (TPSA) is 23.6 Å². The van der Waals surface area contributed by atoms with Crippen molar-refractivity contribution in [2.45, 2.75) is 32.7 Å². The van der Waals surface area contributed by atoms with Gasteiger partial charge in [0.15, 0.2) is 0 Å². The Hall–Kier alpha value is -1.77. The maximum atomic E-state index is 12.6. The molecule has 1 unspecified atom stereocenters. The quantitative estimate of drug-likeness (QED) is 0.774. The highest BCUT2D eigenvalue weighted by molar-refractivity contribution is 5.79. The molecule has 1 aliphatic carbocycles. The number of anilines is 1. The molecule has 3 heteroatoms. The zero-order valence-electron chi connectivity index (χ0n) is 13.4. The van der Waals surface area contributed by atoms with Gasteiger partial charge in [-0.2, -0.15) is 0 Å². The molecule has 0 heterocycles. The molecule has 1 aromatic carbocycles. The highest BCUT2D eigenvalue weighted by atomic mass is 16.2. The summed E-state index contributed by atoms with van der Waals surface area (Å²) in [4.78, 5) is 16.7. The van der Waals surface area contributed by atoms with Gasteiger partial charge in [0.05, 0.1) is 0 Å². The van der Waals surface area contributed by atoms with E-state index in [0.29, 0.717) is 12.5 Å². The maximum absolute atomic E-state index is 12.6. The monoisotopic (exact) mass is 286 g/mol. The molecule has 1 amide bonds. The van der Waals surface area contributed by atoms with Crippen molar-refractivity contribution >= 4 is 11.6 Å². The largest absolute Gasteiger partial charge is 0.378 e. The van der Waals surface area contributed by atoms with Crippen molar-refractivity contribution in [3.8, 4) is 0 Å². The number of hydrogen-bond acceptors (Lipinski definition) is 2. The lowest BCUT2D eigenvalue weighted by Crippen LogP contribution is -2.36. The summed E-state index contributed by atoms with van der Waals surface area (Å²) >= 11 is 0. The molecule has 0 spiro atoms. The zero-order chi connectivity index (χ0) is 15.2. The molecule has 0 aromatic heterocycles. The molecular formula is C18H26N2O. The van der Waals surface area contributed by atoms with E-state index in [1.165, 1.54) is 11.3 Å². The van der Waals surface area contributed by atoms with Crippen LogP contribution in [-0.2, 0) is 11.3 Å². The van der Waals surface area contributed by atoms with Crippen LogP contribution in [0, 0.1) is 5.92 Å². The first kappa shape index (κ1) is 15.6. The van der Waals surface area contributed by atoms with Gasteiger partial charge in [0.1, 0.15) is 0 Å². The average molecular weight is 286 g/mol. The van der Waals surface area contributed by atoms with E-state index < -0.39 is 0 Å². The molecule has 1 aromatic rings. The van der Waals surface area contributed by atoms with Gasteiger partial charge in [-0.25, -0.2) is 0 Å². The molecule has 1 aliphatic rings. The van der Waals surface area contributed by atoms with Crippen molar-refractivity contribution in [3.05, 3.63) is 42.0 Å². The summed E-state index contributed by atoms with van der Waals surface area (Å²) in [7, 11) is 4.07. The molecule has 1 atom stereocenters. The molecule has 0 radical (unpaired) electrons. The average Bonchev–Trinajstić information content (AvgIpc) is 2.53. The molecule has 2 rings (SSSR count). The van der Waals surface area contributed by atoms with Gasteiger partial charge in [-0.1, -0.05) is 24.3 Å². The summed E-state index contributed by atoms with van der Waals surface area (Å²) in [5, 5.41) is 0. The van der Waals surface area contributed by atoms with Crippen LogP contribution in [0.2, 0.25) is 0 Å². The summed E-state index contributed by atoms with van der Waals surface area (Å²) in [6, 6.07) is 8.45. The Morgan fingerprint density at radius 1 is 1.19 bits per heavy atom. The van der Waals surface area contributed by atoms with E-state index >= 15 is 0 Å². The number of allylic oxidation sites excluding steroid dienone is 2. The molecule has 0 bridgehead atoms. The predicted octanol–water partition coefficient (Wildman–Crippen LogP) is 3.46. The van der Waals surface area contributed by atoms with E-state index in [9.17, 15) is 4.79 Å². The number of benzene rings is 1. The number of nitrogens with zero attached hydrogens (tertiary/aromatic N) is 2. The molecule has 21 heavy (non-hydrogen) atoms. The van der Waals surface area contributed by atoms with Crippen LogP contribution in [0.3, 0.4) is 0 Å². The highest BCUT2D eigenvalue weighted by Gasteiger charge is 2.23. The predicted molar refractivity (Wildman–Crippen MR) is 88.3 cm³/mol. The minimum Gasteiger partial charge on any atom is -0.378 e. The van der Waals surface area contributed by atoms with Gasteiger partial charge in [-0.05, 0) is 43.9 Å². The Labute approximate surface area is 128 Å². The SMILES string of the molecule is CCN(Cc1ccc(N(C)C)cc1)C(=O)C1CC=CCC1. The van der Waals surface area contributed by atoms with Crippen molar-refractivity contribution in [2.75, 3.05) is 25.5 Å². The lowest BCUT2D eigenvalue weighted by Gasteiger charge is -2.27. The van der Waals surface area contributed by atoms with Crippen LogP contribution in [-0.4, -0.2) is 31.4 Å². The van der Waals surface area contributed by atoms with Crippen LogP contribution in [0.25, 0.3) is 0 Å². The van der Waals surface area contributed by atoms with Crippen LogP contribution in [0.15, 0.2) is 36.4 Å². The summed E-state index contributed by atoms with van der Waals surface area (Å²) in [6.07, 6.45) is 7.25. The number of carbonyl (C=O) groups is 1. The van der Waals surface area contributed by atoms with Crippen molar-refractivity contribution in [3.63, 3.8) is 0 Å². The van der Waals surface area contributed by atoms with Gasteiger partial charge in [0.25, 0.3) is 0 Å². The van der Waals surface area contributed by atoms with Gasteiger partial charge in [0, 0.05) is 38.8 Å². The fraction of sp³-hybridized carbons (Fsp3) is 0.500. The Morgan fingerprint density at radius 2 is 1.90 bits per heavy atom. The van der Waals surface area contributed by atoms with E-state index in [1.807, 2.05) is 19.0 Å². The summed E-state index contributed by atoms with van der Waals surface area (Å²) in [5.41, 5.74) is 2.38. The van der Waals surface area contributed by atoms with Crippen LogP contribution >= 0.6 is 0 Å². The Kier molecular flexibility index (Phi) is 5.43. The third kappa shape index (κ3) is 4.10. The van der Waals surface area contributed by atoms with E-state index in [1.54, 1.807) is 0 Å².